The zero-order valence-corrected chi connectivity index (χ0v) is 19.7. The van der Waals surface area contributed by atoms with Crippen molar-refractivity contribution in [2.75, 3.05) is 12.4 Å². The van der Waals surface area contributed by atoms with E-state index in [1.807, 2.05) is 54.6 Å². The van der Waals surface area contributed by atoms with Gasteiger partial charge in [-0.1, -0.05) is 52.3 Å². The highest BCUT2D eigenvalue weighted by Crippen LogP contribution is 2.23. The molecule has 2 amide bonds. The number of rotatable bonds is 10. The zero-order chi connectivity index (χ0) is 23.5. The number of methoxy groups -OCH3 is 1. The number of carbonyl (C=O) groups is 2. The van der Waals surface area contributed by atoms with Gasteiger partial charge in [0.05, 0.1) is 19.0 Å². The summed E-state index contributed by atoms with van der Waals surface area (Å²) in [6.07, 6.45) is 1.54. The summed E-state index contributed by atoms with van der Waals surface area (Å²) in [4.78, 5) is 24.2. The Morgan fingerprint density at radius 1 is 0.909 bits per heavy atom. The van der Waals surface area contributed by atoms with E-state index in [1.54, 1.807) is 18.2 Å². The van der Waals surface area contributed by atoms with Gasteiger partial charge < -0.3 is 14.8 Å². The van der Waals surface area contributed by atoms with Crippen LogP contribution in [0.25, 0.3) is 0 Å². The van der Waals surface area contributed by atoms with Crippen molar-refractivity contribution in [1.29, 1.82) is 0 Å². The number of benzene rings is 3. The van der Waals surface area contributed by atoms with Crippen LogP contribution in [-0.2, 0) is 16.2 Å². The monoisotopic (exact) mass is 509 g/mol. The average Bonchev–Trinajstić information content (AvgIpc) is 2.83. The van der Waals surface area contributed by atoms with E-state index >= 15 is 0 Å². The standard InChI is InChI=1S/C25H24BrN3O4/c1-32-23-9-5-3-7-21(23)28-24(30)14-15-25(31)29-27-16-19-6-2-4-8-22(19)33-17-18-10-12-20(26)13-11-18/h2-13,16H,14-15,17H2,1H3,(H,28,30)(H,29,31). The largest absolute Gasteiger partial charge is 0.495 e. The second kappa shape index (κ2) is 12.4. The van der Waals surface area contributed by atoms with Crippen LogP contribution in [0.4, 0.5) is 5.69 Å². The molecular weight excluding hydrogens is 486 g/mol. The Morgan fingerprint density at radius 3 is 2.33 bits per heavy atom. The zero-order valence-electron chi connectivity index (χ0n) is 18.1. The van der Waals surface area contributed by atoms with Gasteiger partial charge in [0.2, 0.25) is 11.8 Å². The predicted octanol–water partition coefficient (Wildman–Crippen LogP) is 4.91. The van der Waals surface area contributed by atoms with E-state index in [2.05, 4.69) is 31.8 Å². The minimum absolute atomic E-state index is 0.0000357. The van der Waals surface area contributed by atoms with Crippen molar-refractivity contribution in [2.24, 2.45) is 5.10 Å². The second-order valence-electron chi connectivity index (χ2n) is 6.99. The lowest BCUT2D eigenvalue weighted by Crippen LogP contribution is -2.20. The van der Waals surface area contributed by atoms with Gasteiger partial charge in [0.1, 0.15) is 18.1 Å². The molecule has 0 radical (unpaired) electrons. The van der Waals surface area contributed by atoms with E-state index in [0.717, 1.165) is 15.6 Å². The topological polar surface area (TPSA) is 89.0 Å². The molecule has 0 saturated heterocycles. The summed E-state index contributed by atoms with van der Waals surface area (Å²) in [5, 5.41) is 6.73. The molecule has 33 heavy (non-hydrogen) atoms. The highest BCUT2D eigenvalue weighted by atomic mass is 79.9. The van der Waals surface area contributed by atoms with Crippen LogP contribution < -0.4 is 20.2 Å². The molecule has 0 unspecified atom stereocenters. The van der Waals surface area contributed by atoms with Crippen molar-refractivity contribution >= 4 is 39.6 Å². The van der Waals surface area contributed by atoms with Crippen LogP contribution in [0.2, 0.25) is 0 Å². The summed E-state index contributed by atoms with van der Waals surface area (Å²) in [5.74, 6) is 0.551. The third-order valence-electron chi connectivity index (χ3n) is 4.58. The molecule has 0 fully saturated rings. The first kappa shape index (κ1) is 24.0. The number of halogens is 1. The Morgan fingerprint density at radius 2 is 1.58 bits per heavy atom. The van der Waals surface area contributed by atoms with E-state index in [4.69, 9.17) is 9.47 Å². The fourth-order valence-electron chi connectivity index (χ4n) is 2.88. The Hall–Kier alpha value is -3.65. The molecule has 2 N–H and O–H groups in total. The lowest BCUT2D eigenvalue weighted by Gasteiger charge is -2.09. The Bertz CT molecular complexity index is 1120. The Kier molecular flexibility index (Phi) is 9.02. The summed E-state index contributed by atoms with van der Waals surface area (Å²) >= 11 is 3.41. The summed E-state index contributed by atoms with van der Waals surface area (Å²) in [5.41, 5.74) is 4.76. The van der Waals surface area contributed by atoms with Crippen LogP contribution in [0.3, 0.4) is 0 Å². The molecular formula is C25H24BrN3O4. The molecule has 0 bridgehead atoms. The summed E-state index contributed by atoms with van der Waals surface area (Å²) in [6, 6.07) is 22.4. The van der Waals surface area contributed by atoms with Crippen molar-refractivity contribution < 1.29 is 19.1 Å². The first-order valence-corrected chi connectivity index (χ1v) is 11.1. The number of ether oxygens (including phenoxy) is 2. The molecule has 3 rings (SSSR count). The number of amides is 2. The number of hydrogen-bond donors (Lipinski definition) is 2. The normalized spacial score (nSPS) is 10.6. The van der Waals surface area contributed by atoms with Gasteiger partial charge in [-0.05, 0) is 42.0 Å². The smallest absolute Gasteiger partial charge is 0.240 e. The van der Waals surface area contributed by atoms with Gasteiger partial charge in [-0.15, -0.1) is 0 Å². The van der Waals surface area contributed by atoms with Crippen LogP contribution in [0, 0.1) is 0 Å². The fraction of sp³-hybridized carbons (Fsp3) is 0.160. The van der Waals surface area contributed by atoms with Crippen molar-refractivity contribution in [3.05, 3.63) is 88.4 Å². The third-order valence-corrected chi connectivity index (χ3v) is 5.11. The molecule has 0 aliphatic carbocycles. The molecule has 0 aromatic heterocycles. The molecule has 7 nitrogen and oxygen atoms in total. The average molecular weight is 510 g/mol. The molecule has 8 heteroatoms. The van der Waals surface area contributed by atoms with Crippen molar-refractivity contribution in [1.82, 2.24) is 5.43 Å². The molecule has 0 aliphatic heterocycles. The fourth-order valence-corrected chi connectivity index (χ4v) is 3.14. The lowest BCUT2D eigenvalue weighted by molar-refractivity contribution is -0.124. The molecule has 0 atom stereocenters. The van der Waals surface area contributed by atoms with Gasteiger partial charge in [0.25, 0.3) is 0 Å². The van der Waals surface area contributed by atoms with E-state index in [-0.39, 0.29) is 24.7 Å². The highest BCUT2D eigenvalue weighted by molar-refractivity contribution is 9.10. The maximum atomic E-state index is 12.1. The number of para-hydroxylation sites is 3. The Balaban J connectivity index is 1.47. The molecule has 170 valence electrons. The summed E-state index contributed by atoms with van der Waals surface area (Å²) in [7, 11) is 1.53. The Labute approximate surface area is 200 Å². The van der Waals surface area contributed by atoms with E-state index in [0.29, 0.717) is 23.8 Å². The van der Waals surface area contributed by atoms with Crippen LogP contribution in [0.5, 0.6) is 11.5 Å². The molecule has 0 heterocycles. The van der Waals surface area contributed by atoms with Crippen LogP contribution in [-0.4, -0.2) is 25.1 Å². The van der Waals surface area contributed by atoms with Gasteiger partial charge in [0, 0.05) is 22.9 Å². The SMILES string of the molecule is COc1ccccc1NC(=O)CCC(=O)NN=Cc1ccccc1OCc1ccc(Br)cc1. The minimum atomic E-state index is -0.366. The molecule has 0 aliphatic rings. The third kappa shape index (κ3) is 7.76. The second-order valence-corrected chi connectivity index (χ2v) is 7.91. The maximum absolute atomic E-state index is 12.1. The van der Waals surface area contributed by atoms with Gasteiger partial charge in [0.15, 0.2) is 0 Å². The van der Waals surface area contributed by atoms with Crippen molar-refractivity contribution in [3.8, 4) is 11.5 Å². The van der Waals surface area contributed by atoms with Gasteiger partial charge >= 0.3 is 0 Å². The van der Waals surface area contributed by atoms with E-state index in [9.17, 15) is 9.59 Å². The number of nitrogens with one attached hydrogen (secondary N) is 2. The lowest BCUT2D eigenvalue weighted by atomic mass is 10.2. The van der Waals surface area contributed by atoms with Gasteiger partial charge in [-0.25, -0.2) is 5.43 Å². The number of hydrazone groups is 1. The predicted molar refractivity (Wildman–Crippen MR) is 132 cm³/mol. The van der Waals surface area contributed by atoms with Crippen LogP contribution >= 0.6 is 15.9 Å². The number of carbonyl (C=O) groups excluding carboxylic acids is 2. The first-order chi connectivity index (χ1) is 16.0. The van der Waals surface area contributed by atoms with Gasteiger partial charge in [-0.3, -0.25) is 9.59 Å². The highest BCUT2D eigenvalue weighted by Gasteiger charge is 2.09. The summed E-state index contributed by atoms with van der Waals surface area (Å²) < 4.78 is 12.1. The van der Waals surface area contributed by atoms with Crippen molar-refractivity contribution in [2.45, 2.75) is 19.4 Å². The first-order valence-electron chi connectivity index (χ1n) is 10.3. The van der Waals surface area contributed by atoms with Gasteiger partial charge in [-0.2, -0.15) is 5.10 Å². The molecule has 3 aromatic rings. The van der Waals surface area contributed by atoms with Crippen LogP contribution in [0.1, 0.15) is 24.0 Å². The van der Waals surface area contributed by atoms with Crippen LogP contribution in [0.15, 0.2) is 82.4 Å². The molecule has 0 saturated carbocycles. The van der Waals surface area contributed by atoms with E-state index in [1.165, 1.54) is 13.3 Å². The van der Waals surface area contributed by atoms with Crippen molar-refractivity contribution in [3.63, 3.8) is 0 Å². The minimum Gasteiger partial charge on any atom is -0.495 e. The summed E-state index contributed by atoms with van der Waals surface area (Å²) in [6.45, 7) is 0.409. The molecule has 3 aromatic carbocycles. The maximum Gasteiger partial charge on any atom is 0.240 e. The molecule has 0 spiro atoms. The quantitative estimate of drug-likeness (QED) is 0.300. The number of nitrogens with zero attached hydrogens (tertiary/aromatic N) is 1. The number of hydrogen-bond acceptors (Lipinski definition) is 5. The number of anilines is 1. The van der Waals surface area contributed by atoms with E-state index < -0.39 is 0 Å².